The number of thioether (sulfide) groups is 1. The van der Waals surface area contributed by atoms with E-state index in [1.54, 1.807) is 6.20 Å². The van der Waals surface area contributed by atoms with Crippen molar-refractivity contribution in [2.45, 2.75) is 36.6 Å². The topological polar surface area (TPSA) is 57.6 Å². The highest BCUT2D eigenvalue weighted by molar-refractivity contribution is 7.99. The number of rotatable bonds is 6. The number of halogens is 2. The van der Waals surface area contributed by atoms with Gasteiger partial charge in [0.05, 0.1) is 5.39 Å². The third-order valence-corrected chi connectivity index (χ3v) is 9.13. The van der Waals surface area contributed by atoms with Crippen LogP contribution in [-0.2, 0) is 0 Å². The summed E-state index contributed by atoms with van der Waals surface area (Å²) in [5.74, 6) is -0.00545. The summed E-state index contributed by atoms with van der Waals surface area (Å²) >= 11 is 7.80. The van der Waals surface area contributed by atoms with Gasteiger partial charge in [-0.3, -0.25) is 4.90 Å². The summed E-state index contributed by atoms with van der Waals surface area (Å²) in [7, 11) is 6.26. The molecule has 0 N–H and O–H groups in total. The molecule has 0 radical (unpaired) electrons. The monoisotopic (exact) mass is 480 g/mol. The molecule has 0 bridgehead atoms. The first-order chi connectivity index (χ1) is 15.3. The molecule has 2 atom stereocenters. The Bertz CT molecular complexity index is 1040. The largest absolute Gasteiger partial charge is 0.460 e. The molecule has 0 amide bonds. The molecule has 174 valence electrons. The Morgan fingerprint density at radius 1 is 1.34 bits per heavy atom. The summed E-state index contributed by atoms with van der Waals surface area (Å²) < 4.78 is 21.1. The number of likely N-dealkylation sites (N-methyl/N-ethyl adjacent to an activating group) is 3. The quantitative estimate of drug-likeness (QED) is 0.582. The van der Waals surface area contributed by atoms with Crippen LogP contribution >= 0.6 is 23.4 Å². The fourth-order valence-corrected chi connectivity index (χ4v) is 6.44. The molecule has 5 rings (SSSR count). The van der Waals surface area contributed by atoms with Gasteiger partial charge in [0.25, 0.3) is 0 Å². The Hall–Kier alpha value is -1.42. The van der Waals surface area contributed by atoms with Crippen LogP contribution in [0.25, 0.3) is 10.9 Å². The van der Waals surface area contributed by atoms with Crippen molar-refractivity contribution in [3.05, 3.63) is 17.2 Å². The summed E-state index contributed by atoms with van der Waals surface area (Å²) in [5.41, 5.74) is 0.594. The van der Waals surface area contributed by atoms with Gasteiger partial charge in [-0.1, -0.05) is 11.6 Å². The third-order valence-electron chi connectivity index (χ3n) is 7.53. The van der Waals surface area contributed by atoms with Crippen molar-refractivity contribution < 1.29 is 9.13 Å². The molecular formula is C22H30ClFN6OS. The van der Waals surface area contributed by atoms with Crippen molar-refractivity contribution in [3.8, 4) is 6.01 Å². The Morgan fingerprint density at radius 3 is 2.75 bits per heavy atom. The molecule has 2 aromatic rings. The number of anilines is 1. The minimum atomic E-state index is -0.635. The first-order valence-electron chi connectivity index (χ1n) is 11.1. The fourth-order valence-electron chi connectivity index (χ4n) is 5.29. The normalized spacial score (nSPS) is 27.5. The molecule has 3 fully saturated rings. The molecule has 3 aliphatic rings. The predicted molar refractivity (Wildman–Crippen MR) is 127 cm³/mol. The summed E-state index contributed by atoms with van der Waals surface area (Å²) in [6.07, 6.45) is 8.36. The Morgan fingerprint density at radius 2 is 2.12 bits per heavy atom. The number of nitrogens with zero attached hydrogens (tertiary/aromatic N) is 6. The van der Waals surface area contributed by atoms with Crippen LogP contribution < -0.4 is 9.64 Å². The third kappa shape index (κ3) is 3.81. The summed E-state index contributed by atoms with van der Waals surface area (Å²) in [5, 5.41) is 0.355. The molecule has 4 heterocycles. The Balaban J connectivity index is 1.48. The molecule has 0 aromatic carbocycles. The maximum absolute atomic E-state index is 14.9. The summed E-state index contributed by atoms with van der Waals surface area (Å²) in [6, 6.07) is 0.461. The highest BCUT2D eigenvalue weighted by Gasteiger charge is 2.57. The first-order valence-corrected chi connectivity index (χ1v) is 12.7. The maximum atomic E-state index is 14.9. The maximum Gasteiger partial charge on any atom is 0.319 e. The van der Waals surface area contributed by atoms with Crippen LogP contribution in [0.4, 0.5) is 10.2 Å². The number of likely N-dealkylation sites (tertiary alicyclic amines) is 2. The second-order valence-corrected chi connectivity index (χ2v) is 11.3. The van der Waals surface area contributed by atoms with Gasteiger partial charge in [-0.05, 0) is 58.0 Å². The fraction of sp³-hybridized carbons (Fsp3) is 0.682. The smallest absolute Gasteiger partial charge is 0.319 e. The highest BCUT2D eigenvalue weighted by Crippen LogP contribution is 2.60. The van der Waals surface area contributed by atoms with Crippen LogP contribution in [0.2, 0.25) is 5.15 Å². The van der Waals surface area contributed by atoms with E-state index in [0.29, 0.717) is 23.2 Å². The predicted octanol–water partition coefficient (Wildman–Crippen LogP) is 3.51. The van der Waals surface area contributed by atoms with Gasteiger partial charge in [-0.2, -0.15) is 9.97 Å². The van der Waals surface area contributed by atoms with Crippen LogP contribution in [-0.4, -0.2) is 89.3 Å². The van der Waals surface area contributed by atoms with Gasteiger partial charge in [0, 0.05) is 32.4 Å². The lowest BCUT2D eigenvalue weighted by molar-refractivity contribution is 0.164. The lowest BCUT2D eigenvalue weighted by Gasteiger charge is -2.34. The Labute approximate surface area is 197 Å². The Kier molecular flexibility index (Phi) is 5.67. The van der Waals surface area contributed by atoms with Gasteiger partial charge in [-0.25, -0.2) is 9.37 Å². The van der Waals surface area contributed by atoms with Crippen LogP contribution in [0.15, 0.2) is 6.20 Å². The minimum absolute atomic E-state index is 0.122. The minimum Gasteiger partial charge on any atom is -0.460 e. The van der Waals surface area contributed by atoms with Gasteiger partial charge in [-0.15, -0.1) is 11.8 Å². The SMILES string of the molecule is CS[C@@]1(COc2nc(N(C)[C@@H]3CCN(C)C3)c3cnc(Cl)c(F)c3n2)CC2(CC2)CN1C. The summed E-state index contributed by atoms with van der Waals surface area (Å²) in [6.45, 7) is 3.48. The van der Waals surface area contributed by atoms with Crippen LogP contribution in [0.3, 0.4) is 0 Å². The van der Waals surface area contributed by atoms with Crippen molar-refractivity contribution in [1.82, 2.24) is 24.8 Å². The van der Waals surface area contributed by atoms with E-state index in [4.69, 9.17) is 21.3 Å². The average molecular weight is 481 g/mol. The van der Waals surface area contributed by atoms with Gasteiger partial charge < -0.3 is 14.5 Å². The summed E-state index contributed by atoms with van der Waals surface area (Å²) in [4.78, 5) is 19.8. The number of hydrogen-bond donors (Lipinski definition) is 0. The number of aromatic nitrogens is 3. The van der Waals surface area contributed by atoms with Gasteiger partial charge in [0.1, 0.15) is 22.8 Å². The zero-order chi connectivity index (χ0) is 22.7. The van der Waals surface area contributed by atoms with E-state index in [2.05, 4.69) is 45.0 Å². The molecule has 0 unspecified atom stereocenters. The van der Waals surface area contributed by atoms with E-state index >= 15 is 0 Å². The van der Waals surface area contributed by atoms with E-state index in [-0.39, 0.29) is 27.6 Å². The number of ether oxygens (including phenoxy) is 1. The molecule has 2 aromatic heterocycles. The van der Waals surface area contributed by atoms with Crippen molar-refractivity contribution in [2.24, 2.45) is 5.41 Å². The lowest BCUT2D eigenvalue weighted by atomic mass is 10.0. The van der Waals surface area contributed by atoms with Gasteiger partial charge in [0.15, 0.2) is 11.0 Å². The van der Waals surface area contributed by atoms with E-state index in [1.165, 1.54) is 12.8 Å². The standard InChI is InChI=1S/C22H30ClFN6OS/c1-28-8-5-14(10-28)30(3)19-15-9-25-18(23)16(24)17(15)26-20(27-19)31-13-22(32-4)11-21(6-7-21)12-29(22)2/h9,14H,5-8,10-13H2,1-4H3/t14-,22-/m1/s1. The van der Waals surface area contributed by atoms with Gasteiger partial charge >= 0.3 is 6.01 Å². The lowest BCUT2D eigenvalue weighted by Crippen LogP contribution is -2.43. The number of pyridine rings is 1. The van der Waals surface area contributed by atoms with Gasteiger partial charge in [0.2, 0.25) is 0 Å². The zero-order valence-corrected chi connectivity index (χ0v) is 20.6. The second-order valence-electron chi connectivity index (χ2n) is 9.74. The first kappa shape index (κ1) is 22.4. The van der Waals surface area contributed by atoms with Crippen LogP contribution in [0.5, 0.6) is 6.01 Å². The van der Waals surface area contributed by atoms with E-state index in [0.717, 1.165) is 32.5 Å². The molecule has 2 aliphatic heterocycles. The molecule has 32 heavy (non-hydrogen) atoms. The molecule has 1 aliphatic carbocycles. The van der Waals surface area contributed by atoms with Crippen LogP contribution in [0.1, 0.15) is 25.7 Å². The number of hydrogen-bond acceptors (Lipinski definition) is 8. The van der Waals surface area contributed by atoms with E-state index in [1.807, 2.05) is 18.8 Å². The van der Waals surface area contributed by atoms with E-state index in [9.17, 15) is 4.39 Å². The van der Waals surface area contributed by atoms with Crippen molar-refractivity contribution >= 4 is 40.1 Å². The van der Waals surface area contributed by atoms with Crippen LogP contribution in [0, 0.1) is 11.2 Å². The second kappa shape index (κ2) is 8.11. The van der Waals surface area contributed by atoms with Crippen molar-refractivity contribution in [1.29, 1.82) is 0 Å². The van der Waals surface area contributed by atoms with Crippen molar-refractivity contribution in [3.63, 3.8) is 0 Å². The van der Waals surface area contributed by atoms with Crippen molar-refractivity contribution in [2.75, 3.05) is 58.5 Å². The molecule has 2 saturated heterocycles. The molecule has 1 saturated carbocycles. The zero-order valence-electron chi connectivity index (χ0n) is 19.1. The molecule has 1 spiro atoms. The van der Waals surface area contributed by atoms with E-state index < -0.39 is 5.82 Å². The molecule has 7 nitrogen and oxygen atoms in total. The molecule has 10 heteroatoms. The highest BCUT2D eigenvalue weighted by atomic mass is 35.5. The molecular weight excluding hydrogens is 451 g/mol. The number of fused-ring (bicyclic) bond motifs is 1. The average Bonchev–Trinajstić information content (AvgIpc) is 3.27.